The van der Waals surface area contributed by atoms with Gasteiger partial charge < -0.3 is 0 Å². The van der Waals surface area contributed by atoms with Gasteiger partial charge in [0.2, 0.25) is 0 Å². The third-order valence-corrected chi connectivity index (χ3v) is 16.5. The molecule has 96 heavy (non-hydrogen) atoms. The third-order valence-electron chi connectivity index (χ3n) is 16.5. The highest BCUT2D eigenvalue weighted by Crippen LogP contribution is 2.39. The van der Waals surface area contributed by atoms with Gasteiger partial charge in [0, 0.05) is 0 Å². The predicted octanol–water partition coefficient (Wildman–Crippen LogP) is 31.3. The van der Waals surface area contributed by atoms with Gasteiger partial charge in [0.25, 0.3) is 0 Å². The van der Waals surface area contributed by atoms with Crippen LogP contribution in [0.15, 0.2) is 231 Å². The molecule has 0 heteroatoms. The monoisotopic (exact) mass is 1270 g/mol. The van der Waals surface area contributed by atoms with E-state index >= 15 is 0 Å². The second-order valence-corrected chi connectivity index (χ2v) is 22.7. The number of aryl methyl sites for hydroxylation is 10. The first-order valence-electron chi connectivity index (χ1n) is 36.3. The summed E-state index contributed by atoms with van der Waals surface area (Å²) in [5.41, 5.74) is 13.4. The van der Waals surface area contributed by atoms with Crippen molar-refractivity contribution in [2.75, 3.05) is 0 Å². The van der Waals surface area contributed by atoms with Gasteiger partial charge in [-0.25, -0.2) is 0 Å². The van der Waals surface area contributed by atoms with Crippen molar-refractivity contribution in [3.05, 3.63) is 286 Å². The van der Waals surface area contributed by atoms with Crippen LogP contribution in [-0.4, -0.2) is 0 Å². The molecule has 0 N–H and O–H groups in total. The Kier molecular flexibility index (Phi) is 32.8. The summed E-state index contributed by atoms with van der Waals surface area (Å²) in [6, 6.07) is 84.1. The van der Waals surface area contributed by atoms with Crippen LogP contribution in [0.5, 0.6) is 0 Å². The van der Waals surface area contributed by atoms with E-state index in [1.165, 1.54) is 174 Å². The smallest absolute Gasteiger partial charge is 0.00239 e. The number of hydrogen-bond donors (Lipinski definition) is 0. The van der Waals surface area contributed by atoms with Crippen molar-refractivity contribution >= 4 is 118 Å². The Morgan fingerprint density at radius 2 is 0.385 bits per heavy atom. The lowest BCUT2D eigenvalue weighted by Crippen LogP contribution is -1.88. The molecule has 16 aromatic rings. The second-order valence-electron chi connectivity index (χ2n) is 22.7. The lowest BCUT2D eigenvalue weighted by molar-refractivity contribution is 1.43. The summed E-state index contributed by atoms with van der Waals surface area (Å²) in [6.07, 6.45) is 0. The summed E-state index contributed by atoms with van der Waals surface area (Å²) < 4.78 is 0. The Balaban J connectivity index is 0.000000245. The molecular weight excluding hydrogens is 1150 g/mol. The van der Waals surface area contributed by atoms with Crippen molar-refractivity contribution < 1.29 is 0 Å². The van der Waals surface area contributed by atoms with Gasteiger partial charge in [-0.05, 0) is 227 Å². The van der Waals surface area contributed by atoms with Crippen LogP contribution in [0.4, 0.5) is 0 Å². The summed E-state index contributed by atoms with van der Waals surface area (Å²) >= 11 is 0. The Bertz CT molecular complexity index is 4650. The zero-order chi connectivity index (χ0) is 71.3. The first-order valence-corrected chi connectivity index (χ1v) is 36.3. The van der Waals surface area contributed by atoms with Crippen molar-refractivity contribution in [1.82, 2.24) is 0 Å². The third kappa shape index (κ3) is 18.5. The van der Waals surface area contributed by atoms with Gasteiger partial charge in [0.15, 0.2) is 0 Å². The van der Waals surface area contributed by atoms with E-state index in [1.54, 1.807) is 0 Å². The average molecular weight is 1270 g/mol. The summed E-state index contributed by atoms with van der Waals surface area (Å²) in [6.45, 7) is 53.7. The van der Waals surface area contributed by atoms with E-state index in [4.69, 9.17) is 0 Å². The molecular formula is C96H116. The average Bonchev–Trinajstić information content (AvgIpc) is 0.761. The molecule has 0 aromatic heterocycles. The number of rotatable bonds is 0. The standard InChI is InChI=1S/C20H16.2C18H14.2C12H12.8C2H6/c1-13-11-19-18-10-6-4-8-16(18)14(2)12-20(19)17-9-5-3-7-15(13)17;1-11-9-13-5-4-8-16-12(2)10-14-6-3-7-15(11)17(14)18(13)16;1-11-7-13-3-5-15-9-12(2)10-16-6-4-14(8-11)17(13)18(15)16;1-9-3-5-11-6-4-10(2)8-12(11)7-9;1-9-7-10(2)12-6-4-3-5-11(12)8-9;8*1-2/h3-12H,1-2H3;2*3-10H,1-2H3;2*3-8H,1-2H3;8*1-2H3. The highest BCUT2D eigenvalue weighted by molar-refractivity contribution is 6.25. The molecule has 0 fully saturated rings. The van der Waals surface area contributed by atoms with Crippen molar-refractivity contribution in [2.45, 2.75) is 180 Å². The molecule has 0 bridgehead atoms. The highest BCUT2D eigenvalue weighted by atomic mass is 14.2. The maximum Gasteiger partial charge on any atom is -0.00239 e. The Labute approximate surface area is 581 Å². The second kappa shape index (κ2) is 39.7. The van der Waals surface area contributed by atoms with Gasteiger partial charge in [-0.15, -0.1) is 0 Å². The summed E-state index contributed by atoms with van der Waals surface area (Å²) in [7, 11) is 0. The summed E-state index contributed by atoms with van der Waals surface area (Å²) in [5.74, 6) is 0. The van der Waals surface area contributed by atoms with Gasteiger partial charge in [-0.1, -0.05) is 358 Å². The van der Waals surface area contributed by atoms with E-state index in [9.17, 15) is 0 Å². The molecule has 0 unspecified atom stereocenters. The number of benzene rings is 16. The molecule has 0 amide bonds. The summed E-state index contributed by atoms with van der Waals surface area (Å²) in [5, 5.41) is 30.1. The molecule has 0 aliphatic rings. The number of fused-ring (bicyclic) bond motifs is 7. The molecule has 0 aliphatic heterocycles. The fraction of sp³-hybridized carbons (Fsp3) is 0.271. The first-order chi connectivity index (χ1) is 46.8. The van der Waals surface area contributed by atoms with Crippen molar-refractivity contribution in [1.29, 1.82) is 0 Å². The molecule has 16 aromatic carbocycles. The highest BCUT2D eigenvalue weighted by Gasteiger charge is 2.13. The van der Waals surface area contributed by atoms with Crippen LogP contribution in [0.1, 0.15) is 166 Å². The van der Waals surface area contributed by atoms with Gasteiger partial charge in [0.1, 0.15) is 0 Å². The predicted molar refractivity (Wildman–Crippen MR) is 445 cm³/mol. The van der Waals surface area contributed by atoms with Crippen LogP contribution in [0.25, 0.3) is 118 Å². The van der Waals surface area contributed by atoms with Crippen molar-refractivity contribution in [3.63, 3.8) is 0 Å². The molecule has 500 valence electrons. The topological polar surface area (TPSA) is 0 Å². The quantitative estimate of drug-likeness (QED) is 0.133. The Morgan fingerprint density at radius 3 is 0.760 bits per heavy atom. The fourth-order valence-corrected chi connectivity index (χ4v) is 12.9. The molecule has 0 saturated carbocycles. The maximum atomic E-state index is 2.33. The molecule has 0 radical (unpaired) electrons. The molecule has 0 spiro atoms. The normalized spacial score (nSPS) is 9.98. The van der Waals surface area contributed by atoms with Gasteiger partial charge in [-0.3, -0.25) is 0 Å². The first kappa shape index (κ1) is 79.3. The molecule has 0 nitrogen and oxygen atoms in total. The van der Waals surface area contributed by atoms with Crippen LogP contribution in [-0.2, 0) is 0 Å². The van der Waals surface area contributed by atoms with Crippen LogP contribution >= 0.6 is 0 Å². The lowest BCUT2D eigenvalue weighted by Gasteiger charge is -2.14. The van der Waals surface area contributed by atoms with E-state index in [-0.39, 0.29) is 0 Å². The van der Waals surface area contributed by atoms with E-state index < -0.39 is 0 Å². The van der Waals surface area contributed by atoms with Crippen LogP contribution in [0, 0.1) is 69.2 Å². The van der Waals surface area contributed by atoms with Gasteiger partial charge >= 0.3 is 0 Å². The maximum absolute atomic E-state index is 2.33. The molecule has 0 aliphatic carbocycles. The van der Waals surface area contributed by atoms with Crippen molar-refractivity contribution in [3.8, 4) is 0 Å². The minimum Gasteiger partial charge on any atom is -0.0683 e. The zero-order valence-electron chi connectivity index (χ0n) is 63.9. The van der Waals surface area contributed by atoms with E-state index in [1.807, 2.05) is 111 Å². The minimum atomic E-state index is 1.33. The SMILES string of the molecule is CC.CC.CC.CC.CC.CC.CC.CC.Cc1cc(C)c2ccccc2c1.Cc1cc2c3ccccc3c(C)cc2c2ccccc12.Cc1cc2ccc3cc(C)cc4ccc(c1)c2c34.Cc1cc2cccc3c(C)cc4cccc1c4c23.Cc1ccc2ccc(C)cc2c1. The van der Waals surface area contributed by atoms with Crippen LogP contribution in [0.2, 0.25) is 0 Å². The van der Waals surface area contributed by atoms with E-state index in [2.05, 4.69) is 300 Å². The number of hydrogen-bond acceptors (Lipinski definition) is 0. The largest absolute Gasteiger partial charge is 0.0683 e. The summed E-state index contributed by atoms with van der Waals surface area (Å²) in [4.78, 5) is 0. The molecule has 0 heterocycles. The van der Waals surface area contributed by atoms with Crippen LogP contribution < -0.4 is 0 Å². The molecule has 0 atom stereocenters. The Morgan fingerprint density at radius 1 is 0.135 bits per heavy atom. The van der Waals surface area contributed by atoms with Crippen LogP contribution in [0.3, 0.4) is 0 Å². The van der Waals surface area contributed by atoms with Gasteiger partial charge in [0.05, 0.1) is 0 Å². The minimum absolute atomic E-state index is 1.33. The fourth-order valence-electron chi connectivity index (χ4n) is 12.9. The Hall–Kier alpha value is -9.10. The van der Waals surface area contributed by atoms with Gasteiger partial charge in [-0.2, -0.15) is 0 Å². The van der Waals surface area contributed by atoms with E-state index in [0.29, 0.717) is 0 Å². The zero-order valence-corrected chi connectivity index (χ0v) is 63.9. The van der Waals surface area contributed by atoms with Crippen molar-refractivity contribution in [2.24, 2.45) is 0 Å². The molecule has 0 saturated heterocycles. The lowest BCUT2D eigenvalue weighted by atomic mass is 9.90. The van der Waals surface area contributed by atoms with E-state index in [0.717, 1.165) is 0 Å². The molecule has 16 rings (SSSR count).